The average molecular weight is 439 g/mol. The maximum atomic E-state index is 11.1. The number of hydrogen-bond acceptors (Lipinski definition) is 6. The highest BCUT2D eigenvalue weighted by atomic mass is 35.5. The van der Waals surface area contributed by atoms with E-state index in [0.717, 1.165) is 29.5 Å². The molecule has 0 bridgehead atoms. The summed E-state index contributed by atoms with van der Waals surface area (Å²) in [7, 11) is 0. The minimum Gasteiger partial charge on any atom is -0.390 e. The lowest BCUT2D eigenvalue weighted by atomic mass is 9.98. The Morgan fingerprint density at radius 2 is 1.84 bits per heavy atom. The Bertz CT molecular complexity index is 1140. The molecule has 1 atom stereocenters. The molecule has 3 N–H and O–H groups in total. The molecule has 1 unspecified atom stereocenters. The molecule has 2 heterocycles. The van der Waals surface area contributed by atoms with Crippen molar-refractivity contribution in [1.82, 2.24) is 30.2 Å². The van der Waals surface area contributed by atoms with E-state index in [4.69, 9.17) is 11.6 Å². The van der Waals surface area contributed by atoms with Crippen LogP contribution in [0, 0.1) is 0 Å². The number of benzene rings is 2. The van der Waals surface area contributed by atoms with Gasteiger partial charge in [0.25, 0.3) is 0 Å². The van der Waals surface area contributed by atoms with Gasteiger partial charge in [0.1, 0.15) is 5.82 Å². The van der Waals surface area contributed by atoms with E-state index >= 15 is 0 Å². The number of aromatic amines is 1. The molecule has 4 rings (SSSR count). The first-order chi connectivity index (χ1) is 15.1. The summed E-state index contributed by atoms with van der Waals surface area (Å²) in [6, 6.07) is 15.4. The molecule has 0 aliphatic heterocycles. The molecule has 31 heavy (non-hydrogen) atoms. The van der Waals surface area contributed by atoms with Gasteiger partial charge in [-0.1, -0.05) is 73.5 Å². The Morgan fingerprint density at radius 3 is 2.48 bits per heavy atom. The van der Waals surface area contributed by atoms with E-state index in [1.807, 2.05) is 48.5 Å². The van der Waals surface area contributed by atoms with E-state index in [9.17, 15) is 10.2 Å². The summed E-state index contributed by atoms with van der Waals surface area (Å²) in [5.41, 5.74) is 3.84. The number of halogens is 1. The quantitative estimate of drug-likeness (QED) is 0.386. The third-order valence-electron chi connectivity index (χ3n) is 5.22. The van der Waals surface area contributed by atoms with Gasteiger partial charge in [0.15, 0.2) is 11.4 Å². The molecule has 0 spiro atoms. The van der Waals surface area contributed by atoms with Crippen LogP contribution in [0.3, 0.4) is 0 Å². The normalized spacial score (nSPS) is 12.3. The summed E-state index contributed by atoms with van der Waals surface area (Å²) in [6.45, 7) is 1.79. The lowest BCUT2D eigenvalue weighted by molar-refractivity contribution is 0.132. The predicted octanol–water partition coefficient (Wildman–Crippen LogP) is 3.76. The number of hydrogen-bond donors (Lipinski definition) is 3. The molecule has 0 amide bonds. The third-order valence-corrected chi connectivity index (χ3v) is 5.52. The predicted molar refractivity (Wildman–Crippen MR) is 117 cm³/mol. The van der Waals surface area contributed by atoms with Gasteiger partial charge in [-0.2, -0.15) is 5.21 Å². The third kappa shape index (κ3) is 4.23. The summed E-state index contributed by atoms with van der Waals surface area (Å²) in [5.74, 6) is 1.18. The van der Waals surface area contributed by atoms with E-state index in [0.29, 0.717) is 29.3 Å². The number of aliphatic hydroxyl groups excluding tert-OH is 2. The van der Waals surface area contributed by atoms with Crippen LogP contribution in [0.2, 0.25) is 5.15 Å². The summed E-state index contributed by atoms with van der Waals surface area (Å²) >= 11 is 6.21. The van der Waals surface area contributed by atoms with E-state index < -0.39 is 6.23 Å². The van der Waals surface area contributed by atoms with Crippen LogP contribution in [0.25, 0.3) is 22.5 Å². The van der Waals surface area contributed by atoms with Crippen molar-refractivity contribution in [3.05, 3.63) is 70.8 Å². The van der Waals surface area contributed by atoms with E-state index in [2.05, 4.69) is 32.5 Å². The number of imidazole rings is 1. The van der Waals surface area contributed by atoms with Crippen LogP contribution in [-0.2, 0) is 13.0 Å². The molecule has 9 heteroatoms. The fourth-order valence-electron chi connectivity index (χ4n) is 3.62. The SMILES string of the molecule is CCCCc1nc(Cl)c(CO)n1C(O)c1ccc(-c2ccccc2-c2nn[nH]n2)cc1. The largest absolute Gasteiger partial charge is 0.390 e. The molecule has 0 radical (unpaired) electrons. The van der Waals surface area contributed by atoms with Gasteiger partial charge in [0.2, 0.25) is 5.82 Å². The number of aromatic nitrogens is 6. The molecule has 0 saturated carbocycles. The number of H-pyrrole nitrogens is 1. The van der Waals surface area contributed by atoms with Crippen molar-refractivity contribution < 1.29 is 10.2 Å². The van der Waals surface area contributed by atoms with E-state index in [-0.39, 0.29) is 11.8 Å². The molecule has 160 valence electrons. The molecular weight excluding hydrogens is 416 g/mol. The first-order valence-corrected chi connectivity index (χ1v) is 10.5. The minimum atomic E-state index is -1.00. The van der Waals surface area contributed by atoms with Gasteiger partial charge in [-0.05, 0) is 22.8 Å². The monoisotopic (exact) mass is 438 g/mol. The number of aliphatic hydroxyl groups is 2. The molecule has 2 aromatic carbocycles. The van der Waals surface area contributed by atoms with Gasteiger partial charge in [-0.25, -0.2) is 4.98 Å². The molecule has 0 aliphatic rings. The minimum absolute atomic E-state index is 0.221. The second-order valence-electron chi connectivity index (χ2n) is 7.17. The maximum absolute atomic E-state index is 11.1. The van der Waals surface area contributed by atoms with Crippen molar-refractivity contribution in [3.63, 3.8) is 0 Å². The molecule has 8 nitrogen and oxygen atoms in total. The number of nitrogens with one attached hydrogen (secondary N) is 1. The highest BCUT2D eigenvalue weighted by Gasteiger charge is 2.22. The van der Waals surface area contributed by atoms with Crippen molar-refractivity contribution in [2.24, 2.45) is 0 Å². The molecule has 0 aliphatic carbocycles. The fraction of sp³-hybridized carbons (Fsp3) is 0.273. The van der Waals surface area contributed by atoms with Gasteiger partial charge in [0.05, 0.1) is 12.3 Å². The van der Waals surface area contributed by atoms with Crippen LogP contribution in [-0.4, -0.2) is 40.4 Å². The second kappa shape index (κ2) is 9.38. The van der Waals surface area contributed by atoms with Gasteiger partial charge in [-0.15, -0.1) is 10.2 Å². The smallest absolute Gasteiger partial charge is 0.205 e. The number of rotatable bonds is 8. The van der Waals surface area contributed by atoms with Crippen LogP contribution < -0.4 is 0 Å². The zero-order chi connectivity index (χ0) is 21.8. The van der Waals surface area contributed by atoms with Crippen LogP contribution in [0.4, 0.5) is 0 Å². The Morgan fingerprint density at radius 1 is 1.10 bits per heavy atom. The topological polar surface area (TPSA) is 113 Å². The fourth-order valence-corrected chi connectivity index (χ4v) is 3.87. The lowest BCUT2D eigenvalue weighted by Crippen LogP contribution is -2.16. The molecular formula is C22H23ClN6O2. The molecule has 2 aromatic heterocycles. The van der Waals surface area contributed by atoms with Crippen molar-refractivity contribution in [2.45, 2.75) is 39.0 Å². The van der Waals surface area contributed by atoms with E-state index in [1.54, 1.807) is 4.57 Å². The Labute approximate surface area is 184 Å². The highest BCUT2D eigenvalue weighted by molar-refractivity contribution is 6.30. The summed E-state index contributed by atoms with van der Waals surface area (Å²) in [4.78, 5) is 4.36. The first kappa shape index (κ1) is 21.2. The van der Waals surface area contributed by atoms with E-state index in [1.165, 1.54) is 0 Å². The Kier molecular flexibility index (Phi) is 6.41. The molecule has 0 saturated heterocycles. The molecule has 0 fully saturated rings. The van der Waals surface area contributed by atoms with Crippen molar-refractivity contribution in [3.8, 4) is 22.5 Å². The zero-order valence-corrected chi connectivity index (χ0v) is 17.8. The van der Waals surface area contributed by atoms with Crippen molar-refractivity contribution in [2.75, 3.05) is 0 Å². The van der Waals surface area contributed by atoms with Gasteiger partial charge < -0.3 is 10.2 Å². The average Bonchev–Trinajstić information content (AvgIpc) is 3.45. The van der Waals surface area contributed by atoms with Crippen LogP contribution in [0.1, 0.15) is 43.1 Å². The van der Waals surface area contributed by atoms with Crippen LogP contribution >= 0.6 is 11.6 Å². The number of unbranched alkanes of at least 4 members (excludes halogenated alkanes) is 1. The maximum Gasteiger partial charge on any atom is 0.205 e. The number of nitrogens with zero attached hydrogens (tertiary/aromatic N) is 5. The van der Waals surface area contributed by atoms with Gasteiger partial charge in [0, 0.05) is 17.5 Å². The first-order valence-electron chi connectivity index (χ1n) is 10.1. The van der Waals surface area contributed by atoms with Gasteiger partial charge in [-0.3, -0.25) is 4.57 Å². The standard InChI is InChI=1S/C22H23ClN6O2/c1-2-3-8-19-24-20(23)18(13-30)29(19)22(31)15-11-9-14(10-12-15)16-6-4-5-7-17(16)21-25-27-28-26-21/h4-7,9-12,22,30-31H,2-3,8,13H2,1H3,(H,25,26,27,28). The van der Waals surface area contributed by atoms with Gasteiger partial charge >= 0.3 is 0 Å². The summed E-state index contributed by atoms with van der Waals surface area (Å²) in [5, 5.41) is 35.4. The van der Waals surface area contributed by atoms with Crippen molar-refractivity contribution in [1.29, 1.82) is 0 Å². The highest BCUT2D eigenvalue weighted by Crippen LogP contribution is 2.32. The van der Waals surface area contributed by atoms with Crippen LogP contribution in [0.15, 0.2) is 48.5 Å². The zero-order valence-electron chi connectivity index (χ0n) is 17.0. The lowest BCUT2D eigenvalue weighted by Gasteiger charge is -2.19. The number of tetrazole rings is 1. The Balaban J connectivity index is 1.67. The summed E-state index contributed by atoms with van der Waals surface area (Å²) < 4.78 is 1.63. The molecule has 4 aromatic rings. The van der Waals surface area contributed by atoms with Crippen molar-refractivity contribution >= 4 is 11.6 Å². The van der Waals surface area contributed by atoms with Crippen LogP contribution in [0.5, 0.6) is 0 Å². The summed E-state index contributed by atoms with van der Waals surface area (Å²) in [6.07, 6.45) is 1.57. The second-order valence-corrected chi connectivity index (χ2v) is 7.53. The Hall–Kier alpha value is -3.07. The number of aryl methyl sites for hydroxylation is 1.